The third-order valence-electron chi connectivity index (χ3n) is 9.80. The molecule has 0 bridgehead atoms. The molecule has 258 valence electrons. The van der Waals surface area contributed by atoms with Crippen LogP contribution in [-0.4, -0.2) is 55.0 Å². The largest absolute Gasteiger partial charge is 0.481 e. The van der Waals surface area contributed by atoms with Gasteiger partial charge in [-0.3, -0.25) is 19.1 Å². The number of nitrogens with one attached hydrogen (secondary N) is 2. The minimum atomic E-state index is -1.97. The van der Waals surface area contributed by atoms with Gasteiger partial charge in [-0.15, -0.1) is 0 Å². The summed E-state index contributed by atoms with van der Waals surface area (Å²) in [5, 5.41) is 12.7. The number of rotatable bonds is 9. The van der Waals surface area contributed by atoms with Gasteiger partial charge in [0.25, 0.3) is 0 Å². The highest BCUT2D eigenvalue weighted by atomic mass is 32.2. The Morgan fingerprint density at radius 3 is 2.47 bits per heavy atom. The molecular formula is C36H42N6O6S. The molecule has 12 nitrogen and oxygen atoms in total. The molecule has 3 heterocycles. The number of hydrogen-bond acceptors (Lipinski definition) is 7. The minimum absolute atomic E-state index is 0.120. The van der Waals surface area contributed by atoms with E-state index in [2.05, 4.69) is 40.3 Å². The van der Waals surface area contributed by atoms with Crippen LogP contribution < -0.4 is 13.8 Å². The minimum Gasteiger partial charge on any atom is -0.481 e. The van der Waals surface area contributed by atoms with Crippen LogP contribution in [0.3, 0.4) is 0 Å². The van der Waals surface area contributed by atoms with Gasteiger partial charge in [-0.1, -0.05) is 32.9 Å². The molecule has 1 aliphatic heterocycles. The lowest BCUT2D eigenvalue weighted by Crippen LogP contribution is -2.37. The van der Waals surface area contributed by atoms with Crippen molar-refractivity contribution in [1.82, 2.24) is 14.6 Å². The standard InChI is InChI=1S/C36H42N6O6S/c1-20-7-8-22(3)30(17-20)48-49(46)40-27-18-26(9-10-29(27)41-13-11-25(12-14-41)35(43)44)33-38-34-31(28(37-6)19-42(34)39-33)36(45)47-32-23(4)15-21(2)16-24(32)5/h7-10,17-19,21,23-25,32,40H,11-16H2,1-5H3,(H,38,39)(H,43,44). The van der Waals surface area contributed by atoms with Crippen LogP contribution in [0.2, 0.25) is 0 Å². The van der Waals surface area contributed by atoms with Crippen molar-refractivity contribution in [3.8, 4) is 17.1 Å². The molecule has 13 heteroatoms. The highest BCUT2D eigenvalue weighted by molar-refractivity contribution is 7.82. The summed E-state index contributed by atoms with van der Waals surface area (Å²) in [6, 6.07) is 11.2. The predicted molar refractivity (Wildman–Crippen MR) is 188 cm³/mol. The van der Waals surface area contributed by atoms with Crippen molar-refractivity contribution in [1.29, 1.82) is 0 Å². The smallest absolute Gasteiger partial charge is 0.331 e. The molecule has 2 fully saturated rings. The first-order valence-electron chi connectivity index (χ1n) is 16.7. The lowest BCUT2D eigenvalue weighted by molar-refractivity contribution is -0.142. The highest BCUT2D eigenvalue weighted by Crippen LogP contribution is 2.38. The van der Waals surface area contributed by atoms with Crippen LogP contribution in [0, 0.1) is 44.1 Å². The normalized spacial score (nSPS) is 22.0. The Hall–Kier alpha value is -4.83. The molecule has 2 aromatic heterocycles. The Morgan fingerprint density at radius 1 is 1.08 bits per heavy atom. The van der Waals surface area contributed by atoms with E-state index in [1.807, 2.05) is 44.2 Å². The molecule has 1 saturated carbocycles. The molecule has 4 aromatic rings. The number of fused-ring (bicyclic) bond motifs is 1. The number of aromatic amines is 1. The number of benzene rings is 2. The molecule has 2 aliphatic rings. The van der Waals surface area contributed by atoms with Gasteiger partial charge in [-0.05, 0) is 92.7 Å². The number of carbonyl (C=O) groups excluding carboxylic acids is 1. The number of ether oxygens (including phenoxy) is 1. The molecule has 3 unspecified atom stereocenters. The maximum atomic E-state index is 13.6. The Labute approximate surface area is 288 Å². The fourth-order valence-electron chi connectivity index (χ4n) is 7.34. The molecule has 0 radical (unpaired) electrons. The van der Waals surface area contributed by atoms with Gasteiger partial charge in [0, 0.05) is 24.8 Å². The van der Waals surface area contributed by atoms with Gasteiger partial charge in [-0.2, -0.15) is 4.21 Å². The Morgan fingerprint density at radius 2 is 1.80 bits per heavy atom. The maximum absolute atomic E-state index is 13.6. The van der Waals surface area contributed by atoms with Crippen LogP contribution in [0.4, 0.5) is 17.1 Å². The van der Waals surface area contributed by atoms with Gasteiger partial charge < -0.3 is 18.9 Å². The number of aryl methyl sites for hydroxylation is 2. The van der Waals surface area contributed by atoms with E-state index in [-0.39, 0.29) is 34.8 Å². The molecule has 6 rings (SSSR count). The summed E-state index contributed by atoms with van der Waals surface area (Å²) in [7, 11) is 0. The van der Waals surface area contributed by atoms with Crippen molar-refractivity contribution in [2.75, 3.05) is 22.7 Å². The van der Waals surface area contributed by atoms with E-state index in [1.165, 1.54) is 0 Å². The van der Waals surface area contributed by atoms with Crippen molar-refractivity contribution in [2.45, 2.75) is 66.4 Å². The Balaban J connectivity index is 1.31. The number of aromatic nitrogens is 3. The monoisotopic (exact) mass is 686 g/mol. The number of carboxylic acid groups (broad SMARTS) is 1. The summed E-state index contributed by atoms with van der Waals surface area (Å²) in [6.07, 6.45) is 4.21. The molecule has 2 aromatic carbocycles. The van der Waals surface area contributed by atoms with E-state index < -0.39 is 29.1 Å². The van der Waals surface area contributed by atoms with E-state index in [9.17, 15) is 18.9 Å². The summed E-state index contributed by atoms with van der Waals surface area (Å²) >= 11 is -1.97. The average molecular weight is 687 g/mol. The van der Waals surface area contributed by atoms with Crippen molar-refractivity contribution < 1.29 is 27.8 Å². The average Bonchev–Trinajstić information content (AvgIpc) is 3.62. The first kappa shape index (κ1) is 34.0. The zero-order valence-electron chi connectivity index (χ0n) is 28.4. The van der Waals surface area contributed by atoms with Crippen molar-refractivity contribution in [3.05, 3.63) is 70.7 Å². The van der Waals surface area contributed by atoms with E-state index in [4.69, 9.17) is 20.5 Å². The fourth-order valence-corrected chi connectivity index (χ4v) is 8.07. The molecule has 1 saturated heterocycles. The highest BCUT2D eigenvalue weighted by Gasteiger charge is 2.36. The zero-order valence-corrected chi connectivity index (χ0v) is 29.2. The number of piperidine rings is 1. The van der Waals surface area contributed by atoms with Crippen LogP contribution in [0.1, 0.15) is 67.9 Å². The van der Waals surface area contributed by atoms with Crippen molar-refractivity contribution in [2.24, 2.45) is 23.7 Å². The second-order valence-electron chi connectivity index (χ2n) is 13.7. The quantitative estimate of drug-likeness (QED) is 0.125. The van der Waals surface area contributed by atoms with Crippen LogP contribution in [0.15, 0.2) is 42.6 Å². The number of anilines is 2. The van der Waals surface area contributed by atoms with Crippen LogP contribution in [0.25, 0.3) is 21.9 Å². The predicted octanol–water partition coefficient (Wildman–Crippen LogP) is 7.10. The molecule has 0 spiro atoms. The van der Waals surface area contributed by atoms with Gasteiger partial charge in [0.2, 0.25) is 5.69 Å². The molecule has 49 heavy (non-hydrogen) atoms. The second-order valence-corrected chi connectivity index (χ2v) is 14.5. The van der Waals surface area contributed by atoms with Crippen LogP contribution >= 0.6 is 0 Å². The van der Waals surface area contributed by atoms with E-state index in [0.29, 0.717) is 54.7 Å². The van der Waals surface area contributed by atoms with Crippen LogP contribution in [-0.2, 0) is 20.8 Å². The Bertz CT molecular complexity index is 1940. The third kappa shape index (κ3) is 7.15. The number of nitrogens with zero attached hydrogens (tertiary/aromatic N) is 4. The summed E-state index contributed by atoms with van der Waals surface area (Å²) in [5.74, 6) is 0.120. The number of aliphatic carboxylic acids is 1. The number of carboxylic acids is 1. The topological polar surface area (TPSA) is 143 Å². The zero-order chi connectivity index (χ0) is 35.0. The molecule has 0 amide bonds. The van der Waals surface area contributed by atoms with Crippen LogP contribution in [0.5, 0.6) is 5.75 Å². The van der Waals surface area contributed by atoms with Crippen molar-refractivity contribution in [3.63, 3.8) is 0 Å². The lowest BCUT2D eigenvalue weighted by Gasteiger charge is -2.37. The fraction of sp³-hybridized carbons (Fsp3) is 0.444. The molecule has 1 aliphatic carbocycles. The first-order chi connectivity index (χ1) is 23.4. The van der Waals surface area contributed by atoms with E-state index in [1.54, 1.807) is 16.8 Å². The summed E-state index contributed by atoms with van der Waals surface area (Å²) in [6.45, 7) is 19.0. The lowest BCUT2D eigenvalue weighted by atomic mass is 9.75. The number of esters is 1. The van der Waals surface area contributed by atoms with E-state index >= 15 is 0 Å². The Kier molecular flexibility index (Phi) is 9.70. The summed E-state index contributed by atoms with van der Waals surface area (Å²) in [4.78, 5) is 35.6. The van der Waals surface area contributed by atoms with Gasteiger partial charge in [0.05, 0.1) is 23.9 Å². The number of hydrogen-bond donors (Lipinski definition) is 3. The molecule has 3 N–H and O–H groups in total. The number of carbonyl (C=O) groups is 2. The summed E-state index contributed by atoms with van der Waals surface area (Å²) in [5.41, 5.74) is 4.25. The molecular weight excluding hydrogens is 644 g/mol. The van der Waals surface area contributed by atoms with Gasteiger partial charge >= 0.3 is 23.2 Å². The van der Waals surface area contributed by atoms with E-state index in [0.717, 1.165) is 29.7 Å². The number of H-pyrrole nitrogens is 1. The summed E-state index contributed by atoms with van der Waals surface area (Å²) < 4.78 is 29.8. The van der Waals surface area contributed by atoms with Gasteiger partial charge in [-0.25, -0.2) is 14.6 Å². The van der Waals surface area contributed by atoms with Gasteiger partial charge in [0.1, 0.15) is 17.4 Å². The van der Waals surface area contributed by atoms with Gasteiger partial charge in [0.15, 0.2) is 11.5 Å². The van der Waals surface area contributed by atoms with Crippen molar-refractivity contribution >= 4 is 45.9 Å². The SMILES string of the molecule is [C-]#[N+]c1cn2[nH]c(-c3ccc(N4CCC(C(=O)O)CC4)c(NS(=O)Oc4cc(C)ccc4C)c3)nc2c1C(=O)OC1C(C)CC(C)CC1C. The second kappa shape index (κ2) is 14.0. The first-order valence-corrected chi connectivity index (χ1v) is 17.7. The molecule has 3 atom stereocenters. The third-order valence-corrected chi connectivity index (χ3v) is 10.5. The maximum Gasteiger partial charge on any atom is 0.331 e.